The summed E-state index contributed by atoms with van der Waals surface area (Å²) in [5.41, 5.74) is 2.00. The Bertz CT molecular complexity index is 1300. The average molecular weight is 406 g/mol. The maximum atomic E-state index is 14.9. The van der Waals surface area contributed by atoms with Gasteiger partial charge in [-0.25, -0.2) is 4.39 Å². The number of hydrogen-bond donors (Lipinski definition) is 1. The van der Waals surface area contributed by atoms with E-state index in [0.29, 0.717) is 39.3 Å². The second kappa shape index (κ2) is 7.87. The SMILES string of the molecule is COc1cc2nccc(Oc3ccc(-c4c(C)cc[nH]c4=O)cc3F)c2cc1OC. The van der Waals surface area contributed by atoms with Crippen LogP contribution in [0.3, 0.4) is 0 Å². The number of fused-ring (bicyclic) bond motifs is 1. The Kier molecular flexibility index (Phi) is 5.10. The third-order valence-electron chi connectivity index (χ3n) is 4.82. The molecular formula is C23H19FN2O4. The van der Waals surface area contributed by atoms with Gasteiger partial charge in [0.05, 0.1) is 19.7 Å². The fraction of sp³-hybridized carbons (Fsp3) is 0.130. The van der Waals surface area contributed by atoms with Crippen molar-refractivity contribution >= 4 is 10.9 Å². The van der Waals surface area contributed by atoms with Gasteiger partial charge in [-0.1, -0.05) is 6.07 Å². The van der Waals surface area contributed by atoms with E-state index < -0.39 is 5.82 Å². The van der Waals surface area contributed by atoms with Gasteiger partial charge in [-0.15, -0.1) is 0 Å². The second-order valence-electron chi connectivity index (χ2n) is 6.65. The Balaban J connectivity index is 1.75. The van der Waals surface area contributed by atoms with Crippen molar-refractivity contribution in [2.45, 2.75) is 6.92 Å². The molecule has 2 aromatic carbocycles. The first-order valence-corrected chi connectivity index (χ1v) is 9.18. The van der Waals surface area contributed by atoms with Gasteiger partial charge in [-0.2, -0.15) is 0 Å². The van der Waals surface area contributed by atoms with Gasteiger partial charge in [0.15, 0.2) is 23.1 Å². The summed E-state index contributed by atoms with van der Waals surface area (Å²) in [7, 11) is 3.08. The van der Waals surface area contributed by atoms with Gasteiger partial charge in [0, 0.05) is 29.4 Å². The third-order valence-corrected chi connectivity index (χ3v) is 4.82. The maximum Gasteiger partial charge on any atom is 0.256 e. The van der Waals surface area contributed by atoms with Gasteiger partial charge in [0.25, 0.3) is 5.56 Å². The number of aryl methyl sites for hydroxylation is 1. The van der Waals surface area contributed by atoms with E-state index in [0.717, 1.165) is 5.56 Å². The number of hydrogen-bond acceptors (Lipinski definition) is 5. The number of H-pyrrole nitrogens is 1. The average Bonchev–Trinajstić information content (AvgIpc) is 2.74. The van der Waals surface area contributed by atoms with Crippen molar-refractivity contribution < 1.29 is 18.6 Å². The summed E-state index contributed by atoms with van der Waals surface area (Å²) in [6.07, 6.45) is 3.13. The number of benzene rings is 2. The molecule has 7 heteroatoms. The van der Waals surface area contributed by atoms with E-state index >= 15 is 0 Å². The number of nitrogens with one attached hydrogen (secondary N) is 1. The summed E-state index contributed by atoms with van der Waals surface area (Å²) in [6, 6.07) is 11.3. The molecule has 30 heavy (non-hydrogen) atoms. The van der Waals surface area contributed by atoms with Crippen LogP contribution >= 0.6 is 0 Å². The highest BCUT2D eigenvalue weighted by molar-refractivity contribution is 5.88. The maximum absolute atomic E-state index is 14.9. The van der Waals surface area contributed by atoms with Gasteiger partial charge in [-0.3, -0.25) is 9.78 Å². The normalized spacial score (nSPS) is 10.8. The van der Waals surface area contributed by atoms with Crippen LogP contribution in [0.5, 0.6) is 23.0 Å². The zero-order chi connectivity index (χ0) is 21.3. The number of ether oxygens (including phenoxy) is 3. The number of rotatable bonds is 5. The van der Waals surface area contributed by atoms with E-state index in [4.69, 9.17) is 14.2 Å². The van der Waals surface area contributed by atoms with Crippen LogP contribution in [-0.2, 0) is 0 Å². The van der Waals surface area contributed by atoms with Crippen LogP contribution < -0.4 is 19.8 Å². The predicted octanol–water partition coefficient (Wildman–Crippen LogP) is 4.85. The molecule has 4 aromatic rings. The number of pyridine rings is 2. The Morgan fingerprint density at radius 2 is 1.70 bits per heavy atom. The summed E-state index contributed by atoms with van der Waals surface area (Å²) >= 11 is 0. The van der Waals surface area contributed by atoms with Crippen molar-refractivity contribution in [2.24, 2.45) is 0 Å². The summed E-state index contributed by atoms with van der Waals surface area (Å²) in [4.78, 5) is 19.1. The molecule has 152 valence electrons. The van der Waals surface area contributed by atoms with Gasteiger partial charge in [0.1, 0.15) is 5.75 Å². The standard InChI is InChI=1S/C23H19FN2O4/c1-13-6-8-26-23(27)22(13)14-4-5-19(16(24)10-14)30-18-7-9-25-17-12-21(29-3)20(28-2)11-15(17)18/h4-12H,1-3H3,(H,26,27). The van der Waals surface area contributed by atoms with Crippen molar-refractivity contribution in [3.63, 3.8) is 0 Å². The monoisotopic (exact) mass is 406 g/mol. The van der Waals surface area contributed by atoms with Crippen LogP contribution in [0.4, 0.5) is 4.39 Å². The summed E-state index contributed by atoms with van der Waals surface area (Å²) in [5.74, 6) is 0.916. The zero-order valence-corrected chi connectivity index (χ0v) is 16.7. The minimum atomic E-state index is -0.583. The highest BCUT2D eigenvalue weighted by Crippen LogP contribution is 2.37. The van der Waals surface area contributed by atoms with E-state index in [2.05, 4.69) is 9.97 Å². The molecule has 0 spiro atoms. The van der Waals surface area contributed by atoms with Crippen LogP contribution in [0.2, 0.25) is 0 Å². The topological polar surface area (TPSA) is 73.4 Å². The first-order valence-electron chi connectivity index (χ1n) is 9.18. The lowest BCUT2D eigenvalue weighted by atomic mass is 10.0. The molecule has 0 bridgehead atoms. The predicted molar refractivity (Wildman–Crippen MR) is 112 cm³/mol. The Labute approximate surface area is 171 Å². The van der Waals surface area contributed by atoms with Gasteiger partial charge < -0.3 is 19.2 Å². The largest absolute Gasteiger partial charge is 0.493 e. The zero-order valence-electron chi connectivity index (χ0n) is 16.7. The summed E-state index contributed by atoms with van der Waals surface area (Å²) < 4.78 is 31.3. The van der Waals surface area contributed by atoms with E-state index in [9.17, 15) is 9.18 Å². The molecule has 2 aromatic heterocycles. The van der Waals surface area contributed by atoms with Gasteiger partial charge in [-0.05, 0) is 48.4 Å². The Morgan fingerprint density at radius 1 is 0.933 bits per heavy atom. The summed E-state index contributed by atoms with van der Waals surface area (Å²) in [5, 5.41) is 0.647. The molecule has 2 heterocycles. The Morgan fingerprint density at radius 3 is 2.40 bits per heavy atom. The van der Waals surface area contributed by atoms with E-state index in [-0.39, 0.29) is 11.3 Å². The van der Waals surface area contributed by atoms with E-state index in [1.807, 2.05) is 0 Å². The minimum absolute atomic E-state index is 0.0334. The molecule has 0 aliphatic rings. The molecule has 0 fully saturated rings. The van der Waals surface area contributed by atoms with Gasteiger partial charge in [0.2, 0.25) is 0 Å². The first-order chi connectivity index (χ1) is 14.5. The van der Waals surface area contributed by atoms with Crippen LogP contribution in [0, 0.1) is 12.7 Å². The lowest BCUT2D eigenvalue weighted by Gasteiger charge is -2.13. The van der Waals surface area contributed by atoms with Crippen LogP contribution in [0.25, 0.3) is 22.0 Å². The molecule has 0 saturated heterocycles. The van der Waals surface area contributed by atoms with Crippen LogP contribution in [0.1, 0.15) is 5.56 Å². The molecule has 0 unspecified atom stereocenters. The van der Waals surface area contributed by atoms with E-state index in [1.165, 1.54) is 19.2 Å². The fourth-order valence-electron chi connectivity index (χ4n) is 3.33. The molecule has 0 amide bonds. The highest BCUT2D eigenvalue weighted by atomic mass is 19.1. The van der Waals surface area contributed by atoms with Gasteiger partial charge >= 0.3 is 0 Å². The molecule has 6 nitrogen and oxygen atoms in total. The lowest BCUT2D eigenvalue weighted by molar-refractivity contribution is 0.355. The smallest absolute Gasteiger partial charge is 0.256 e. The molecule has 0 saturated carbocycles. The molecule has 1 N–H and O–H groups in total. The minimum Gasteiger partial charge on any atom is -0.493 e. The second-order valence-corrected chi connectivity index (χ2v) is 6.65. The molecular weight excluding hydrogens is 387 g/mol. The number of methoxy groups -OCH3 is 2. The Hall–Kier alpha value is -3.87. The van der Waals surface area contributed by atoms with E-state index in [1.54, 1.807) is 56.8 Å². The fourth-order valence-corrected chi connectivity index (χ4v) is 3.33. The number of nitrogens with zero attached hydrogens (tertiary/aromatic N) is 1. The van der Waals surface area contributed by atoms with Crippen molar-refractivity contribution in [1.29, 1.82) is 0 Å². The molecule has 0 aliphatic carbocycles. The molecule has 4 rings (SSSR count). The number of aromatic nitrogens is 2. The quantitative estimate of drug-likeness (QED) is 0.513. The lowest BCUT2D eigenvalue weighted by Crippen LogP contribution is -2.09. The molecule has 0 atom stereocenters. The van der Waals surface area contributed by atoms with Crippen molar-refractivity contribution in [2.75, 3.05) is 14.2 Å². The molecule has 0 aliphatic heterocycles. The summed E-state index contributed by atoms with van der Waals surface area (Å²) in [6.45, 7) is 1.80. The van der Waals surface area contributed by atoms with Crippen LogP contribution in [-0.4, -0.2) is 24.2 Å². The third kappa shape index (κ3) is 3.45. The van der Waals surface area contributed by atoms with Crippen molar-refractivity contribution in [3.8, 4) is 34.1 Å². The number of halogens is 1. The van der Waals surface area contributed by atoms with Crippen molar-refractivity contribution in [3.05, 3.63) is 76.6 Å². The number of aromatic amines is 1. The molecule has 0 radical (unpaired) electrons. The first kappa shape index (κ1) is 19.4. The highest BCUT2D eigenvalue weighted by Gasteiger charge is 2.15. The van der Waals surface area contributed by atoms with Crippen LogP contribution in [0.15, 0.2) is 59.7 Å². The van der Waals surface area contributed by atoms with Crippen molar-refractivity contribution in [1.82, 2.24) is 9.97 Å².